The van der Waals surface area contributed by atoms with Gasteiger partial charge in [-0.3, -0.25) is 4.90 Å². The number of nitrogens with one attached hydrogen (secondary N) is 2. The van der Waals surface area contributed by atoms with Gasteiger partial charge in [0.2, 0.25) is 0 Å². The third-order valence-corrected chi connectivity index (χ3v) is 11.0. The normalized spacial score (nSPS) is 17.7. The molecule has 0 spiro atoms. The van der Waals surface area contributed by atoms with Crippen LogP contribution in [0.3, 0.4) is 0 Å². The quantitative estimate of drug-likeness (QED) is 0.0949. The lowest BCUT2D eigenvalue weighted by molar-refractivity contribution is -0.253. The molecule has 0 bridgehead atoms. The van der Waals surface area contributed by atoms with E-state index in [-0.39, 0.29) is 31.4 Å². The van der Waals surface area contributed by atoms with Crippen LogP contribution < -0.4 is 10.6 Å². The zero-order valence-electron chi connectivity index (χ0n) is 33.2. The Kier molecular flexibility index (Phi) is 13.3. The van der Waals surface area contributed by atoms with Crippen molar-refractivity contribution in [2.75, 3.05) is 20.7 Å². The van der Waals surface area contributed by atoms with Crippen LogP contribution in [-0.2, 0) is 38.6 Å². The number of methoxy groups -OCH3 is 1. The number of amides is 2. The van der Waals surface area contributed by atoms with E-state index in [1.54, 1.807) is 0 Å². The lowest BCUT2D eigenvalue weighted by atomic mass is 9.98. The number of esters is 1. The number of hydrogen-bond donors (Lipinski definition) is 3. The van der Waals surface area contributed by atoms with E-state index in [9.17, 15) is 14.7 Å². The van der Waals surface area contributed by atoms with Crippen LogP contribution in [-0.4, -0.2) is 54.9 Å². The first kappa shape index (κ1) is 40.4. The third-order valence-electron chi connectivity index (χ3n) is 11.0. The Hall–Kier alpha value is -5.84. The highest BCUT2D eigenvalue weighted by molar-refractivity contribution is 5.84. The van der Waals surface area contributed by atoms with Crippen molar-refractivity contribution < 1.29 is 28.9 Å². The molecule has 1 aliphatic rings. The van der Waals surface area contributed by atoms with Crippen molar-refractivity contribution in [3.8, 4) is 11.1 Å². The summed E-state index contributed by atoms with van der Waals surface area (Å²) < 4.78 is 18.3. The molecular formula is C49H51N3O6. The molecule has 9 heteroatoms. The van der Waals surface area contributed by atoms with Crippen molar-refractivity contribution in [1.82, 2.24) is 15.5 Å². The molecule has 1 saturated heterocycles. The summed E-state index contributed by atoms with van der Waals surface area (Å²) in [6.07, 6.45) is 0.144. The zero-order valence-corrected chi connectivity index (χ0v) is 33.2. The molecule has 0 saturated carbocycles. The Morgan fingerprint density at radius 1 is 0.759 bits per heavy atom. The van der Waals surface area contributed by atoms with Gasteiger partial charge in [0.05, 0.1) is 25.9 Å². The van der Waals surface area contributed by atoms with Crippen molar-refractivity contribution in [3.05, 3.63) is 179 Å². The minimum Gasteiger partial charge on any atom is -0.467 e. The second-order valence-corrected chi connectivity index (χ2v) is 15.0. The number of aliphatic hydroxyl groups is 1. The number of aliphatic hydroxyl groups excluding tert-OH is 1. The van der Waals surface area contributed by atoms with Crippen LogP contribution in [0.5, 0.6) is 0 Å². The molecule has 0 aliphatic carbocycles. The predicted octanol–water partition coefficient (Wildman–Crippen LogP) is 8.82. The Morgan fingerprint density at radius 2 is 1.47 bits per heavy atom. The van der Waals surface area contributed by atoms with Gasteiger partial charge in [0, 0.05) is 37.5 Å². The molecule has 298 valence electrons. The average molecular weight is 778 g/mol. The summed E-state index contributed by atoms with van der Waals surface area (Å²) in [4.78, 5) is 27.7. The topological polar surface area (TPSA) is 109 Å². The summed E-state index contributed by atoms with van der Waals surface area (Å²) in [7, 11) is 3.46. The summed E-state index contributed by atoms with van der Waals surface area (Å²) in [5.74, 6) is -0.505. The molecule has 6 aromatic carbocycles. The number of nitrogens with zero attached hydrogens (tertiary/aromatic N) is 1. The molecule has 6 aromatic rings. The van der Waals surface area contributed by atoms with Gasteiger partial charge in [0.15, 0.2) is 6.29 Å². The zero-order chi connectivity index (χ0) is 40.4. The number of benzene rings is 6. The number of carbonyl (C=O) groups is 2. The van der Waals surface area contributed by atoms with E-state index in [1.165, 1.54) is 23.4 Å². The minimum atomic E-state index is -0.813. The van der Waals surface area contributed by atoms with Crippen LogP contribution >= 0.6 is 0 Å². The van der Waals surface area contributed by atoms with Crippen LogP contribution in [0.2, 0.25) is 0 Å². The van der Waals surface area contributed by atoms with Crippen LogP contribution in [0.25, 0.3) is 21.9 Å². The highest BCUT2D eigenvalue weighted by Gasteiger charge is 2.33. The first-order chi connectivity index (χ1) is 28.3. The van der Waals surface area contributed by atoms with Gasteiger partial charge in [-0.05, 0) is 75.8 Å². The van der Waals surface area contributed by atoms with Crippen molar-refractivity contribution >= 4 is 22.8 Å². The van der Waals surface area contributed by atoms with Gasteiger partial charge in [0.25, 0.3) is 0 Å². The van der Waals surface area contributed by atoms with E-state index in [0.717, 1.165) is 38.9 Å². The highest BCUT2D eigenvalue weighted by Crippen LogP contribution is 2.39. The van der Waals surface area contributed by atoms with E-state index in [1.807, 2.05) is 91.0 Å². The Morgan fingerprint density at radius 3 is 2.21 bits per heavy atom. The van der Waals surface area contributed by atoms with Gasteiger partial charge < -0.3 is 30.0 Å². The maximum atomic E-state index is 12.9. The van der Waals surface area contributed by atoms with E-state index < -0.39 is 24.3 Å². The molecule has 0 unspecified atom stereocenters. The number of fused-ring (bicyclic) bond motifs is 1. The molecule has 0 aromatic heterocycles. The van der Waals surface area contributed by atoms with E-state index in [4.69, 9.17) is 14.2 Å². The summed E-state index contributed by atoms with van der Waals surface area (Å²) in [5.41, 5.74) is 7.92. The fourth-order valence-electron chi connectivity index (χ4n) is 7.50. The summed E-state index contributed by atoms with van der Waals surface area (Å²) in [6, 6.07) is 47.7. The predicted molar refractivity (Wildman–Crippen MR) is 227 cm³/mol. The monoisotopic (exact) mass is 777 g/mol. The number of hydrogen-bond acceptors (Lipinski definition) is 7. The molecule has 1 heterocycles. The van der Waals surface area contributed by atoms with E-state index >= 15 is 0 Å². The SMILES string of the molecule is COC(=O)[C@H](Cc1ccccc1)NC(=O)NCc1cccc(-c2ccc([C@H]3O[C@@H](CN(C)[C@H](C)c4ccc5ccccc5c4)C[C@@H](c4ccc(CO)cc4)O3)cc2)c1. The number of carbonyl (C=O) groups excluding carboxylic acids is 2. The number of rotatable bonds is 14. The average Bonchev–Trinajstić information content (AvgIpc) is 3.27. The lowest BCUT2D eigenvalue weighted by Gasteiger charge is -2.39. The lowest BCUT2D eigenvalue weighted by Crippen LogP contribution is -2.47. The highest BCUT2D eigenvalue weighted by atomic mass is 16.7. The van der Waals surface area contributed by atoms with Crippen molar-refractivity contribution in [1.29, 1.82) is 0 Å². The second kappa shape index (κ2) is 19.1. The maximum absolute atomic E-state index is 12.9. The first-order valence-corrected chi connectivity index (χ1v) is 19.8. The van der Waals surface area contributed by atoms with Crippen molar-refractivity contribution in [3.63, 3.8) is 0 Å². The van der Waals surface area contributed by atoms with Gasteiger partial charge in [-0.25, -0.2) is 9.59 Å². The van der Waals surface area contributed by atoms with Gasteiger partial charge in [0.1, 0.15) is 6.04 Å². The number of ether oxygens (including phenoxy) is 3. The first-order valence-electron chi connectivity index (χ1n) is 19.8. The van der Waals surface area contributed by atoms with Crippen molar-refractivity contribution in [2.24, 2.45) is 0 Å². The van der Waals surface area contributed by atoms with Gasteiger partial charge >= 0.3 is 12.0 Å². The molecule has 58 heavy (non-hydrogen) atoms. The molecular weight excluding hydrogens is 727 g/mol. The molecule has 7 rings (SSSR count). The van der Waals surface area contributed by atoms with Gasteiger partial charge in [-0.15, -0.1) is 0 Å². The standard InChI is InChI=1S/C49H51N3O6/c1-33(41-25-22-37-13-7-8-14-43(37)28-41)52(2)31-44-29-46(39-18-16-35(32-53)17-19-39)58-48(57-44)40-23-20-38(21-24-40)42-15-9-12-36(26-42)30-50-49(55)51-45(47(54)56-3)27-34-10-5-4-6-11-34/h4-26,28,33,44-46,48,53H,27,29-32H2,1-3H3,(H2,50,51,55)/t33-,44-,45+,46+,48+/m1/s1. The van der Waals surface area contributed by atoms with Crippen molar-refractivity contribution in [2.45, 2.75) is 63.5 Å². The fourth-order valence-corrected chi connectivity index (χ4v) is 7.50. The van der Waals surface area contributed by atoms with Crippen LogP contribution in [0.1, 0.15) is 65.2 Å². The van der Waals surface area contributed by atoms with Crippen LogP contribution in [0.4, 0.5) is 4.79 Å². The van der Waals surface area contributed by atoms with Gasteiger partial charge in [-0.2, -0.15) is 0 Å². The molecule has 2 amide bonds. The molecule has 5 atom stereocenters. The van der Waals surface area contributed by atoms with Gasteiger partial charge in [-0.1, -0.05) is 133 Å². The number of likely N-dealkylation sites (N-methyl/N-ethyl adjacent to an activating group) is 1. The largest absolute Gasteiger partial charge is 0.467 e. The smallest absolute Gasteiger partial charge is 0.328 e. The Bertz CT molecular complexity index is 2280. The molecule has 1 aliphatic heterocycles. The summed E-state index contributed by atoms with van der Waals surface area (Å²) in [5, 5.41) is 17.8. The Balaban J connectivity index is 1.02. The third kappa shape index (κ3) is 10.2. The number of urea groups is 1. The van der Waals surface area contributed by atoms with Crippen LogP contribution in [0, 0.1) is 0 Å². The van der Waals surface area contributed by atoms with E-state index in [0.29, 0.717) is 19.4 Å². The second-order valence-electron chi connectivity index (χ2n) is 15.0. The summed E-state index contributed by atoms with van der Waals surface area (Å²) in [6.45, 7) is 3.21. The van der Waals surface area contributed by atoms with E-state index in [2.05, 4.69) is 84.1 Å². The molecule has 3 N–H and O–H groups in total. The van der Waals surface area contributed by atoms with Crippen LogP contribution in [0.15, 0.2) is 146 Å². The molecule has 9 nitrogen and oxygen atoms in total. The minimum absolute atomic E-state index is 0.00855. The Labute approximate surface area is 340 Å². The molecule has 0 radical (unpaired) electrons. The summed E-state index contributed by atoms with van der Waals surface area (Å²) >= 11 is 0. The fraction of sp³-hybridized carbons (Fsp3) is 0.265. The maximum Gasteiger partial charge on any atom is 0.328 e. The molecule has 1 fully saturated rings.